The minimum Gasteiger partial charge on any atom is -0.477 e. The zero-order valence-electron chi connectivity index (χ0n) is 19.6. The number of hydrogen-bond acceptors (Lipinski definition) is 7. The first-order valence-corrected chi connectivity index (χ1v) is 12.9. The zero-order valence-corrected chi connectivity index (χ0v) is 20.4. The van der Waals surface area contributed by atoms with Gasteiger partial charge in [-0.1, -0.05) is 6.92 Å². The fraction of sp³-hybridized carbons (Fsp3) is 0.783. The lowest BCUT2D eigenvalue weighted by atomic mass is 9.79. The van der Waals surface area contributed by atoms with Gasteiger partial charge < -0.3 is 30.6 Å². The van der Waals surface area contributed by atoms with Crippen LogP contribution in [0.2, 0.25) is 0 Å². The van der Waals surface area contributed by atoms with Gasteiger partial charge in [-0.3, -0.25) is 9.59 Å². The summed E-state index contributed by atoms with van der Waals surface area (Å²) in [6, 6.07) is -0.546. The summed E-state index contributed by atoms with van der Waals surface area (Å²) in [4.78, 5) is 41.6. The van der Waals surface area contributed by atoms with E-state index in [1.54, 1.807) is 6.92 Å². The number of likely N-dealkylation sites (tertiary alicyclic amines) is 1. The van der Waals surface area contributed by atoms with Crippen molar-refractivity contribution in [3.8, 4) is 0 Å². The third-order valence-electron chi connectivity index (χ3n) is 7.63. The number of carbonyl (C=O) groups is 3. The minimum atomic E-state index is -1.11. The second-order valence-corrected chi connectivity index (χ2v) is 11.2. The predicted octanol–water partition coefficient (Wildman–Crippen LogP) is 0.452. The average Bonchev–Trinajstić information content (AvgIpc) is 3.47. The van der Waals surface area contributed by atoms with Gasteiger partial charge in [0.1, 0.15) is 5.70 Å². The van der Waals surface area contributed by atoms with Gasteiger partial charge >= 0.3 is 5.97 Å². The molecule has 4 heterocycles. The number of rotatable bonds is 9. The van der Waals surface area contributed by atoms with Crippen molar-refractivity contribution < 1.29 is 24.6 Å². The minimum absolute atomic E-state index is 0.0538. The number of thioether (sulfide) groups is 1. The monoisotopic (exact) mass is 480 g/mol. The van der Waals surface area contributed by atoms with Crippen LogP contribution in [0, 0.1) is 17.8 Å². The number of nitrogens with zero attached hydrogens (tertiary/aromatic N) is 2. The van der Waals surface area contributed by atoms with Crippen LogP contribution in [0.3, 0.4) is 0 Å². The Bertz CT molecular complexity index is 834. The Balaban J connectivity index is 1.36. The number of amides is 2. The molecule has 0 saturated carbocycles. The molecule has 7 atom stereocenters. The maximum atomic E-state index is 13.1. The van der Waals surface area contributed by atoms with Crippen molar-refractivity contribution >= 4 is 29.5 Å². The largest absolute Gasteiger partial charge is 0.477 e. The Morgan fingerprint density at radius 1 is 1.36 bits per heavy atom. The second kappa shape index (κ2) is 9.93. The molecule has 3 saturated heterocycles. The summed E-state index contributed by atoms with van der Waals surface area (Å²) in [5.74, 6) is -1.41. The lowest BCUT2D eigenvalue weighted by molar-refractivity contribution is -0.163. The Morgan fingerprint density at radius 3 is 2.79 bits per heavy atom. The average molecular weight is 481 g/mol. The highest BCUT2D eigenvalue weighted by molar-refractivity contribution is 8.03. The Morgan fingerprint density at radius 2 is 2.12 bits per heavy atom. The van der Waals surface area contributed by atoms with E-state index >= 15 is 0 Å². The predicted molar refractivity (Wildman–Crippen MR) is 125 cm³/mol. The van der Waals surface area contributed by atoms with Crippen LogP contribution in [0.4, 0.5) is 0 Å². The van der Waals surface area contributed by atoms with Gasteiger partial charge in [0.25, 0.3) is 0 Å². The van der Waals surface area contributed by atoms with Crippen molar-refractivity contribution in [3.05, 3.63) is 10.6 Å². The standard InChI is InChI=1S/C23H36N4O5S/c1-12-18-17(13(2)28)22(30)27(18)19(23(31)32)20(12)33-15-9-16(25-10-15)21(29)26-8-6-14(11-26)5-4-7-24-3/h12-18,24-25,28H,4-11H2,1-3H3,(H,31,32)/t12-,13-,14+,15+,16+,17-,18-/m1/s1. The van der Waals surface area contributed by atoms with Gasteiger partial charge in [-0.05, 0) is 52.1 Å². The zero-order chi connectivity index (χ0) is 23.9. The molecule has 2 amide bonds. The quantitative estimate of drug-likeness (QED) is 0.277. The number of carboxylic acid groups (broad SMARTS) is 1. The van der Waals surface area contributed by atoms with Crippen LogP contribution in [0.5, 0.6) is 0 Å². The van der Waals surface area contributed by atoms with E-state index in [0.717, 1.165) is 38.9 Å². The molecule has 33 heavy (non-hydrogen) atoms. The lowest BCUT2D eigenvalue weighted by Gasteiger charge is -2.46. The van der Waals surface area contributed by atoms with E-state index < -0.39 is 18.0 Å². The van der Waals surface area contributed by atoms with Crippen molar-refractivity contribution in [2.75, 3.05) is 33.2 Å². The fourth-order valence-corrected chi connectivity index (χ4v) is 7.37. The summed E-state index contributed by atoms with van der Waals surface area (Å²) in [6.07, 6.45) is 3.15. The molecule has 3 fully saturated rings. The summed E-state index contributed by atoms with van der Waals surface area (Å²) in [5.41, 5.74) is 0.0538. The van der Waals surface area contributed by atoms with Gasteiger partial charge in [-0.2, -0.15) is 0 Å². The van der Waals surface area contributed by atoms with Crippen LogP contribution in [-0.4, -0.2) is 94.5 Å². The molecule has 4 N–H and O–H groups in total. The fourth-order valence-electron chi connectivity index (χ4n) is 5.90. The molecule has 4 aliphatic rings. The Kier molecular flexibility index (Phi) is 7.38. The second-order valence-electron chi connectivity index (χ2n) is 9.89. The SMILES string of the molecule is CNCCC[C@H]1CCN(C(=O)[C@@H]2C[C@H](SC3=C(C(=O)O)N4C(=O)[C@H]([C@@H](C)O)[C@H]4[C@H]3C)CN2)C1. The highest BCUT2D eigenvalue weighted by atomic mass is 32.2. The van der Waals surface area contributed by atoms with Crippen molar-refractivity contribution in [2.45, 2.75) is 63.0 Å². The molecule has 0 aliphatic carbocycles. The van der Waals surface area contributed by atoms with Gasteiger partial charge in [0.2, 0.25) is 11.8 Å². The summed E-state index contributed by atoms with van der Waals surface area (Å²) >= 11 is 1.48. The molecule has 0 aromatic heterocycles. The summed E-state index contributed by atoms with van der Waals surface area (Å²) in [7, 11) is 1.96. The Labute approximate surface area is 199 Å². The van der Waals surface area contributed by atoms with Crippen LogP contribution < -0.4 is 10.6 Å². The number of carbonyl (C=O) groups excluding carboxylic acids is 2. The molecule has 0 aromatic carbocycles. The molecule has 0 spiro atoms. The number of fused-ring (bicyclic) bond motifs is 1. The first-order chi connectivity index (χ1) is 15.7. The third-order valence-corrected chi connectivity index (χ3v) is 9.14. The molecule has 0 aromatic rings. The first kappa shape index (κ1) is 24.5. The summed E-state index contributed by atoms with van der Waals surface area (Å²) in [6.45, 7) is 6.78. The first-order valence-electron chi connectivity index (χ1n) is 12.1. The molecule has 0 unspecified atom stereocenters. The molecule has 0 bridgehead atoms. The topological polar surface area (TPSA) is 122 Å². The van der Waals surface area contributed by atoms with Gasteiger partial charge in [0.15, 0.2) is 0 Å². The van der Waals surface area contributed by atoms with E-state index in [2.05, 4.69) is 10.6 Å². The van der Waals surface area contributed by atoms with Crippen LogP contribution in [-0.2, 0) is 14.4 Å². The molecule has 4 aliphatic heterocycles. The van der Waals surface area contributed by atoms with Crippen molar-refractivity contribution in [1.29, 1.82) is 0 Å². The lowest BCUT2D eigenvalue weighted by Crippen LogP contribution is -2.63. The number of aliphatic hydroxyl groups excluding tert-OH is 1. The van der Waals surface area contributed by atoms with Gasteiger partial charge in [-0.25, -0.2) is 4.79 Å². The molecule has 184 valence electrons. The molecule has 10 heteroatoms. The molecule has 0 radical (unpaired) electrons. The van der Waals surface area contributed by atoms with Crippen LogP contribution >= 0.6 is 11.8 Å². The van der Waals surface area contributed by atoms with Crippen LogP contribution in [0.25, 0.3) is 0 Å². The highest BCUT2D eigenvalue weighted by Gasteiger charge is 2.60. The molecular formula is C23H36N4O5S. The van der Waals surface area contributed by atoms with Gasteiger partial charge in [0, 0.05) is 35.7 Å². The number of β-lactam (4-membered cyclic amide) rings is 1. The molecular weight excluding hydrogens is 444 g/mol. The maximum absolute atomic E-state index is 13.1. The highest BCUT2D eigenvalue weighted by Crippen LogP contribution is 2.51. The van der Waals surface area contributed by atoms with Gasteiger partial charge in [0.05, 0.1) is 24.1 Å². The smallest absolute Gasteiger partial charge is 0.353 e. The maximum Gasteiger partial charge on any atom is 0.353 e. The summed E-state index contributed by atoms with van der Waals surface area (Å²) in [5, 5.41) is 26.4. The summed E-state index contributed by atoms with van der Waals surface area (Å²) < 4.78 is 0. The third kappa shape index (κ3) is 4.54. The molecule has 4 rings (SSSR count). The van der Waals surface area contributed by atoms with Crippen molar-refractivity contribution in [2.24, 2.45) is 17.8 Å². The van der Waals surface area contributed by atoms with E-state index in [1.807, 2.05) is 18.9 Å². The van der Waals surface area contributed by atoms with E-state index in [9.17, 15) is 24.6 Å². The Hall–Kier alpha value is -1.62. The number of nitrogens with one attached hydrogen (secondary N) is 2. The van der Waals surface area contributed by atoms with E-state index in [0.29, 0.717) is 23.8 Å². The van der Waals surface area contributed by atoms with Crippen molar-refractivity contribution in [3.63, 3.8) is 0 Å². The van der Waals surface area contributed by atoms with Crippen LogP contribution in [0.15, 0.2) is 10.6 Å². The van der Waals surface area contributed by atoms with Crippen molar-refractivity contribution in [1.82, 2.24) is 20.4 Å². The normalized spacial score (nSPS) is 34.6. The van der Waals surface area contributed by atoms with Crippen LogP contribution in [0.1, 0.15) is 39.5 Å². The van der Waals surface area contributed by atoms with E-state index in [1.165, 1.54) is 16.7 Å². The number of aliphatic carboxylic acids is 1. The van der Waals surface area contributed by atoms with E-state index in [-0.39, 0.29) is 40.8 Å². The molecule has 9 nitrogen and oxygen atoms in total. The number of carboxylic acids is 1. The number of aliphatic hydroxyl groups is 1. The van der Waals surface area contributed by atoms with Gasteiger partial charge in [-0.15, -0.1) is 11.8 Å². The van der Waals surface area contributed by atoms with E-state index in [4.69, 9.17) is 0 Å². The number of hydrogen-bond donors (Lipinski definition) is 4.